The maximum Gasteiger partial charge on any atom is 0.225 e. The Bertz CT molecular complexity index is 525. The average molecular weight is 308 g/mol. The molecule has 0 heterocycles. The lowest BCUT2D eigenvalue weighted by Gasteiger charge is -2.11. The Labute approximate surface area is 129 Å². The van der Waals surface area contributed by atoms with E-state index in [1.807, 2.05) is 25.1 Å². The molecular weight excluding hydrogens is 284 g/mol. The van der Waals surface area contributed by atoms with E-state index in [1.54, 1.807) is 0 Å². The van der Waals surface area contributed by atoms with Crippen LogP contribution in [-0.4, -0.2) is 21.6 Å². The summed E-state index contributed by atoms with van der Waals surface area (Å²) in [5.74, 6) is 1.71. The van der Waals surface area contributed by atoms with E-state index in [9.17, 15) is 9.00 Å². The zero-order valence-corrected chi connectivity index (χ0v) is 13.4. The minimum Gasteiger partial charge on any atom is -0.398 e. The number of carbonyl (C=O) groups is 1. The molecule has 116 valence electrons. The van der Waals surface area contributed by atoms with Gasteiger partial charge in [0.2, 0.25) is 5.91 Å². The number of nitrogens with two attached hydrogens (primary N) is 1. The SMILES string of the molecule is Cc1c(N)cccc1NC(=O)CCS(=O)CC1CCCC1. The van der Waals surface area contributed by atoms with Crippen LogP contribution in [0.4, 0.5) is 11.4 Å². The second-order valence-electron chi connectivity index (χ2n) is 5.78. The predicted molar refractivity (Wildman–Crippen MR) is 88.7 cm³/mol. The molecule has 5 heteroatoms. The van der Waals surface area contributed by atoms with E-state index < -0.39 is 10.8 Å². The van der Waals surface area contributed by atoms with E-state index in [1.165, 1.54) is 25.7 Å². The Morgan fingerprint density at radius 1 is 1.38 bits per heavy atom. The van der Waals surface area contributed by atoms with Crippen molar-refractivity contribution in [3.63, 3.8) is 0 Å². The number of nitrogen functional groups attached to an aromatic ring is 1. The van der Waals surface area contributed by atoms with Crippen LogP contribution in [0, 0.1) is 12.8 Å². The summed E-state index contributed by atoms with van der Waals surface area (Å²) in [6.07, 6.45) is 5.21. The lowest BCUT2D eigenvalue weighted by atomic mass is 10.1. The molecule has 1 aromatic carbocycles. The molecule has 2 rings (SSSR count). The zero-order valence-electron chi connectivity index (χ0n) is 12.6. The van der Waals surface area contributed by atoms with Gasteiger partial charge in [-0.15, -0.1) is 0 Å². The molecule has 0 saturated heterocycles. The van der Waals surface area contributed by atoms with Crippen molar-refractivity contribution < 1.29 is 9.00 Å². The molecule has 1 fully saturated rings. The van der Waals surface area contributed by atoms with Crippen molar-refractivity contribution in [3.8, 4) is 0 Å². The number of nitrogens with one attached hydrogen (secondary N) is 1. The Hall–Kier alpha value is -1.36. The summed E-state index contributed by atoms with van der Waals surface area (Å²) >= 11 is 0. The molecule has 1 aliphatic carbocycles. The number of benzene rings is 1. The number of anilines is 2. The van der Waals surface area contributed by atoms with Gasteiger partial charge in [0.1, 0.15) is 0 Å². The number of hydrogen-bond acceptors (Lipinski definition) is 3. The quantitative estimate of drug-likeness (QED) is 0.794. The Morgan fingerprint density at radius 2 is 2.10 bits per heavy atom. The van der Waals surface area contributed by atoms with Gasteiger partial charge in [-0.25, -0.2) is 0 Å². The van der Waals surface area contributed by atoms with E-state index in [0.717, 1.165) is 17.0 Å². The normalized spacial score (nSPS) is 16.8. The molecule has 1 saturated carbocycles. The molecule has 0 spiro atoms. The first kappa shape index (κ1) is 16.0. The fourth-order valence-electron chi connectivity index (χ4n) is 2.73. The van der Waals surface area contributed by atoms with Crippen LogP contribution < -0.4 is 11.1 Å². The predicted octanol–water partition coefficient (Wildman–Crippen LogP) is 2.84. The molecule has 0 aromatic heterocycles. The third-order valence-electron chi connectivity index (χ3n) is 4.10. The summed E-state index contributed by atoms with van der Waals surface area (Å²) in [6.45, 7) is 1.88. The first-order valence-corrected chi connectivity index (χ1v) is 9.05. The summed E-state index contributed by atoms with van der Waals surface area (Å²) in [7, 11) is -0.884. The van der Waals surface area contributed by atoms with Crippen molar-refractivity contribution in [3.05, 3.63) is 23.8 Å². The molecule has 4 nitrogen and oxygen atoms in total. The highest BCUT2D eigenvalue weighted by Crippen LogP contribution is 2.25. The largest absolute Gasteiger partial charge is 0.398 e. The molecule has 1 aromatic rings. The summed E-state index contributed by atoms with van der Waals surface area (Å²) in [4.78, 5) is 11.9. The number of amides is 1. The topological polar surface area (TPSA) is 72.2 Å². The molecule has 1 atom stereocenters. The van der Waals surface area contributed by atoms with Crippen LogP contribution in [0.5, 0.6) is 0 Å². The molecule has 1 unspecified atom stereocenters. The van der Waals surface area contributed by atoms with Crippen LogP contribution in [0.1, 0.15) is 37.7 Å². The summed E-state index contributed by atoms with van der Waals surface area (Å²) < 4.78 is 12.0. The summed E-state index contributed by atoms with van der Waals surface area (Å²) in [5, 5.41) is 2.85. The molecule has 0 radical (unpaired) electrons. The van der Waals surface area contributed by atoms with Gasteiger partial charge in [0.05, 0.1) is 0 Å². The smallest absolute Gasteiger partial charge is 0.225 e. The van der Waals surface area contributed by atoms with Crippen LogP contribution >= 0.6 is 0 Å². The second-order valence-corrected chi connectivity index (χ2v) is 7.40. The van der Waals surface area contributed by atoms with Gasteiger partial charge < -0.3 is 11.1 Å². The van der Waals surface area contributed by atoms with E-state index in [2.05, 4.69) is 5.32 Å². The van der Waals surface area contributed by atoms with Gasteiger partial charge in [-0.1, -0.05) is 18.9 Å². The number of hydrogen-bond donors (Lipinski definition) is 2. The Kier molecular flexibility index (Phi) is 5.79. The van der Waals surface area contributed by atoms with Gasteiger partial charge in [0.25, 0.3) is 0 Å². The first-order valence-electron chi connectivity index (χ1n) is 7.56. The lowest BCUT2D eigenvalue weighted by molar-refractivity contribution is -0.115. The van der Waals surface area contributed by atoms with E-state index in [4.69, 9.17) is 5.73 Å². The summed E-state index contributed by atoms with van der Waals surface area (Å²) in [5.41, 5.74) is 8.09. The highest BCUT2D eigenvalue weighted by molar-refractivity contribution is 7.85. The van der Waals surface area contributed by atoms with E-state index in [-0.39, 0.29) is 5.91 Å². The first-order chi connectivity index (χ1) is 10.1. The monoisotopic (exact) mass is 308 g/mol. The van der Waals surface area contributed by atoms with Gasteiger partial charge in [0.15, 0.2) is 0 Å². The Balaban J connectivity index is 1.76. The van der Waals surface area contributed by atoms with Crippen molar-refractivity contribution in [2.75, 3.05) is 22.6 Å². The fourth-order valence-corrected chi connectivity index (χ4v) is 4.17. The third kappa shape index (κ3) is 4.84. The van der Waals surface area contributed by atoms with Crippen LogP contribution in [0.2, 0.25) is 0 Å². The fraction of sp³-hybridized carbons (Fsp3) is 0.562. The minimum absolute atomic E-state index is 0.0940. The second kappa shape index (κ2) is 7.59. The van der Waals surface area contributed by atoms with Gasteiger partial charge in [0, 0.05) is 40.1 Å². The number of carbonyl (C=O) groups excluding carboxylic acids is 1. The molecule has 1 aliphatic rings. The molecule has 3 N–H and O–H groups in total. The highest BCUT2D eigenvalue weighted by Gasteiger charge is 2.18. The van der Waals surface area contributed by atoms with Crippen molar-refractivity contribution >= 4 is 28.1 Å². The van der Waals surface area contributed by atoms with Gasteiger partial charge in [-0.05, 0) is 43.4 Å². The van der Waals surface area contributed by atoms with Crippen molar-refractivity contribution in [1.29, 1.82) is 0 Å². The van der Waals surface area contributed by atoms with Crippen LogP contribution in [0.15, 0.2) is 18.2 Å². The standard InChI is InChI=1S/C16H24N2O2S/c1-12-14(17)7-4-8-15(12)18-16(19)9-10-21(20)11-13-5-2-3-6-13/h4,7-8,13H,2-3,5-6,9-11,17H2,1H3,(H,18,19). The average Bonchev–Trinajstić information content (AvgIpc) is 2.94. The van der Waals surface area contributed by atoms with Crippen LogP contribution in [-0.2, 0) is 15.6 Å². The molecule has 21 heavy (non-hydrogen) atoms. The van der Waals surface area contributed by atoms with Crippen LogP contribution in [0.25, 0.3) is 0 Å². The zero-order chi connectivity index (χ0) is 15.2. The van der Waals surface area contributed by atoms with Gasteiger partial charge in [-0.3, -0.25) is 9.00 Å². The lowest BCUT2D eigenvalue weighted by Crippen LogP contribution is -2.18. The molecule has 0 aliphatic heterocycles. The maximum atomic E-state index is 12.0. The number of rotatable bonds is 6. The third-order valence-corrected chi connectivity index (χ3v) is 5.61. The minimum atomic E-state index is -0.884. The van der Waals surface area contributed by atoms with E-state index in [0.29, 0.717) is 23.8 Å². The Morgan fingerprint density at radius 3 is 2.81 bits per heavy atom. The van der Waals surface area contributed by atoms with E-state index >= 15 is 0 Å². The summed E-state index contributed by atoms with van der Waals surface area (Å²) in [6, 6.07) is 5.46. The van der Waals surface area contributed by atoms with Crippen molar-refractivity contribution in [2.45, 2.75) is 39.0 Å². The molecule has 0 bridgehead atoms. The molecule has 1 amide bonds. The van der Waals surface area contributed by atoms with Gasteiger partial charge >= 0.3 is 0 Å². The molecular formula is C16H24N2O2S. The van der Waals surface area contributed by atoms with Gasteiger partial charge in [-0.2, -0.15) is 0 Å². The highest BCUT2D eigenvalue weighted by atomic mass is 32.2. The maximum absolute atomic E-state index is 12.0. The van der Waals surface area contributed by atoms with Crippen molar-refractivity contribution in [1.82, 2.24) is 0 Å². The van der Waals surface area contributed by atoms with Crippen molar-refractivity contribution in [2.24, 2.45) is 5.92 Å². The van der Waals surface area contributed by atoms with Crippen LogP contribution in [0.3, 0.4) is 0 Å².